The number of aryl methyl sites for hydroxylation is 1. The van der Waals surface area contributed by atoms with Crippen LogP contribution in [0.1, 0.15) is 51.0 Å². The summed E-state index contributed by atoms with van der Waals surface area (Å²) in [5.74, 6) is 0.644. The van der Waals surface area contributed by atoms with Crippen LogP contribution < -0.4 is 4.74 Å². The zero-order valence-corrected chi connectivity index (χ0v) is 14.4. The number of aromatic nitrogens is 4. The first kappa shape index (κ1) is 18.1. The van der Waals surface area contributed by atoms with Gasteiger partial charge in [-0.15, -0.1) is 5.10 Å². The van der Waals surface area contributed by atoms with E-state index in [1.165, 1.54) is 55.1 Å². The molecule has 0 atom stereocenters. The minimum Gasteiger partial charge on any atom is -0.486 e. The zero-order valence-electron chi connectivity index (χ0n) is 14.4. The van der Waals surface area contributed by atoms with Gasteiger partial charge in [0, 0.05) is 0 Å². The maximum atomic E-state index is 11.8. The molecule has 0 radical (unpaired) electrons. The van der Waals surface area contributed by atoms with Crippen molar-refractivity contribution in [1.82, 2.24) is 20.2 Å². The second-order valence-electron chi connectivity index (χ2n) is 6.00. The Kier molecular flexibility index (Phi) is 7.93. The summed E-state index contributed by atoms with van der Waals surface area (Å²) in [6, 6.07) is 8.01. The number of carbonyl (C=O) groups excluding carboxylic acids is 1. The molecule has 0 spiro atoms. The molecule has 0 aliphatic carbocycles. The van der Waals surface area contributed by atoms with Crippen LogP contribution >= 0.6 is 0 Å². The van der Waals surface area contributed by atoms with Crippen molar-refractivity contribution in [3.63, 3.8) is 0 Å². The normalized spacial score (nSPS) is 10.7. The van der Waals surface area contributed by atoms with E-state index in [0.717, 1.165) is 6.42 Å². The third-order valence-corrected chi connectivity index (χ3v) is 3.87. The summed E-state index contributed by atoms with van der Waals surface area (Å²) >= 11 is 0. The van der Waals surface area contributed by atoms with E-state index in [1.807, 2.05) is 12.1 Å². The van der Waals surface area contributed by atoms with Crippen molar-refractivity contribution in [1.29, 1.82) is 0 Å². The summed E-state index contributed by atoms with van der Waals surface area (Å²) < 4.78 is 6.89. The van der Waals surface area contributed by atoms with Crippen LogP contribution in [0.4, 0.5) is 0 Å². The first-order valence-corrected chi connectivity index (χ1v) is 8.72. The number of carbonyl (C=O) groups is 1. The third kappa shape index (κ3) is 6.89. The summed E-state index contributed by atoms with van der Waals surface area (Å²) in [5, 5.41) is 10.6. The van der Waals surface area contributed by atoms with Gasteiger partial charge in [0.2, 0.25) is 0 Å². The van der Waals surface area contributed by atoms with Crippen LogP contribution in [0.5, 0.6) is 5.75 Å². The molecule has 24 heavy (non-hydrogen) atoms. The first-order valence-electron chi connectivity index (χ1n) is 8.72. The van der Waals surface area contributed by atoms with Crippen LogP contribution in [0.3, 0.4) is 0 Å². The van der Waals surface area contributed by atoms with Crippen molar-refractivity contribution in [3.05, 3.63) is 36.2 Å². The Balaban J connectivity index is 1.63. The average molecular weight is 330 g/mol. The highest BCUT2D eigenvalue weighted by Crippen LogP contribution is 2.15. The summed E-state index contributed by atoms with van der Waals surface area (Å²) in [6.45, 7) is 2.39. The Morgan fingerprint density at radius 2 is 1.83 bits per heavy atom. The molecule has 1 aromatic heterocycles. The van der Waals surface area contributed by atoms with Gasteiger partial charge in [0.25, 0.3) is 0 Å². The van der Waals surface area contributed by atoms with E-state index < -0.39 is 0 Å². The topological polar surface area (TPSA) is 69.9 Å². The lowest BCUT2D eigenvalue weighted by molar-refractivity contribution is -0.121. The van der Waals surface area contributed by atoms with Crippen molar-refractivity contribution in [2.75, 3.05) is 6.61 Å². The molecule has 130 valence electrons. The smallest absolute Gasteiger partial charge is 0.191 e. The molecule has 0 aliphatic heterocycles. The van der Waals surface area contributed by atoms with E-state index in [-0.39, 0.29) is 18.9 Å². The average Bonchev–Trinajstić information content (AvgIpc) is 3.10. The zero-order chi connectivity index (χ0) is 17.0. The molecule has 0 aliphatic rings. The van der Waals surface area contributed by atoms with Gasteiger partial charge in [0.15, 0.2) is 5.78 Å². The number of tetrazole rings is 1. The minimum absolute atomic E-state index is 0.0244. The number of ketones is 1. The number of rotatable bonds is 12. The van der Waals surface area contributed by atoms with Gasteiger partial charge in [-0.1, -0.05) is 51.2 Å². The lowest BCUT2D eigenvalue weighted by Crippen LogP contribution is -2.18. The SMILES string of the molecule is CCCCCCCCc1ccc(OCC(=O)Cn2cnnn2)cc1. The predicted molar refractivity (Wildman–Crippen MR) is 91.8 cm³/mol. The van der Waals surface area contributed by atoms with Gasteiger partial charge >= 0.3 is 0 Å². The second kappa shape index (κ2) is 10.5. The fourth-order valence-corrected chi connectivity index (χ4v) is 2.50. The third-order valence-electron chi connectivity index (χ3n) is 3.87. The highest BCUT2D eigenvalue weighted by atomic mass is 16.5. The molecule has 6 heteroatoms. The standard InChI is InChI=1S/C18H26N4O2/c1-2-3-4-5-6-7-8-16-9-11-18(12-10-16)24-14-17(23)13-22-15-19-20-21-22/h9-12,15H,2-8,13-14H2,1H3. The van der Waals surface area contributed by atoms with Gasteiger partial charge in [-0.05, 0) is 41.0 Å². The Hall–Kier alpha value is -2.24. The first-order chi connectivity index (χ1) is 11.8. The van der Waals surface area contributed by atoms with Gasteiger partial charge in [0.1, 0.15) is 25.2 Å². The van der Waals surface area contributed by atoms with Gasteiger partial charge in [-0.25, -0.2) is 4.68 Å². The Morgan fingerprint density at radius 1 is 1.08 bits per heavy atom. The van der Waals surface area contributed by atoms with E-state index in [9.17, 15) is 4.79 Å². The Labute approximate surface area is 143 Å². The van der Waals surface area contributed by atoms with Crippen molar-refractivity contribution in [3.8, 4) is 5.75 Å². The largest absolute Gasteiger partial charge is 0.486 e. The molecule has 6 nitrogen and oxygen atoms in total. The van der Waals surface area contributed by atoms with E-state index in [4.69, 9.17) is 4.74 Å². The molecule has 1 heterocycles. The molecular formula is C18H26N4O2. The summed E-state index contributed by atoms with van der Waals surface area (Å²) in [6.07, 6.45) is 10.4. The summed E-state index contributed by atoms with van der Waals surface area (Å²) in [7, 11) is 0. The lowest BCUT2D eigenvalue weighted by atomic mass is 10.0. The second-order valence-corrected chi connectivity index (χ2v) is 6.00. The van der Waals surface area contributed by atoms with E-state index >= 15 is 0 Å². The molecule has 0 unspecified atom stereocenters. The van der Waals surface area contributed by atoms with Gasteiger partial charge in [-0.2, -0.15) is 0 Å². The van der Waals surface area contributed by atoms with Crippen LogP contribution in [-0.2, 0) is 17.8 Å². The predicted octanol–water partition coefficient (Wildman–Crippen LogP) is 3.22. The maximum Gasteiger partial charge on any atom is 0.191 e. The fraction of sp³-hybridized carbons (Fsp3) is 0.556. The highest BCUT2D eigenvalue weighted by molar-refractivity contribution is 5.79. The monoisotopic (exact) mass is 330 g/mol. The van der Waals surface area contributed by atoms with Gasteiger partial charge < -0.3 is 4.74 Å². The van der Waals surface area contributed by atoms with Crippen molar-refractivity contribution in [2.24, 2.45) is 0 Å². The number of benzene rings is 1. The fourth-order valence-electron chi connectivity index (χ4n) is 2.50. The summed E-state index contributed by atoms with van der Waals surface area (Å²) in [5.41, 5.74) is 1.32. The maximum absolute atomic E-state index is 11.8. The molecule has 0 saturated carbocycles. The number of Topliss-reactive ketones (excluding diaryl/α,β-unsaturated/α-hetero) is 1. The lowest BCUT2D eigenvalue weighted by Gasteiger charge is -2.07. The van der Waals surface area contributed by atoms with Crippen LogP contribution in [0, 0.1) is 0 Å². The molecule has 0 N–H and O–H groups in total. The number of hydrogen-bond acceptors (Lipinski definition) is 5. The Bertz CT molecular complexity index is 582. The molecule has 2 aromatic rings. The highest BCUT2D eigenvalue weighted by Gasteiger charge is 2.05. The molecule has 2 rings (SSSR count). The molecule has 1 aromatic carbocycles. The van der Waals surface area contributed by atoms with Crippen LogP contribution in [0.25, 0.3) is 0 Å². The molecule has 0 fully saturated rings. The minimum atomic E-state index is -0.0709. The quantitative estimate of drug-likeness (QED) is 0.559. The van der Waals surface area contributed by atoms with Crippen molar-refractivity contribution < 1.29 is 9.53 Å². The van der Waals surface area contributed by atoms with Crippen molar-refractivity contribution >= 4 is 5.78 Å². The summed E-state index contributed by atoms with van der Waals surface area (Å²) in [4.78, 5) is 11.8. The Morgan fingerprint density at radius 3 is 2.54 bits per heavy atom. The van der Waals surface area contributed by atoms with Crippen molar-refractivity contribution in [2.45, 2.75) is 58.4 Å². The number of unbranched alkanes of at least 4 members (excludes halogenated alkanes) is 5. The van der Waals surface area contributed by atoms with Crippen LogP contribution in [0.2, 0.25) is 0 Å². The van der Waals surface area contributed by atoms with E-state index in [1.54, 1.807) is 0 Å². The molecule has 0 saturated heterocycles. The van der Waals surface area contributed by atoms with Gasteiger partial charge in [0.05, 0.1) is 0 Å². The number of hydrogen-bond donors (Lipinski definition) is 0. The molecular weight excluding hydrogens is 304 g/mol. The van der Waals surface area contributed by atoms with Crippen LogP contribution in [0.15, 0.2) is 30.6 Å². The molecule has 0 bridgehead atoms. The molecule has 0 amide bonds. The van der Waals surface area contributed by atoms with Gasteiger partial charge in [-0.3, -0.25) is 4.79 Å². The van der Waals surface area contributed by atoms with E-state index in [0.29, 0.717) is 5.75 Å². The number of ether oxygens (including phenoxy) is 1. The van der Waals surface area contributed by atoms with Crippen LogP contribution in [-0.4, -0.2) is 32.6 Å². The van der Waals surface area contributed by atoms with E-state index in [2.05, 4.69) is 34.6 Å². The number of nitrogens with zero attached hydrogens (tertiary/aromatic N) is 4.